The van der Waals surface area contributed by atoms with E-state index in [-0.39, 0.29) is 5.41 Å². The predicted molar refractivity (Wildman–Crippen MR) is 68.1 cm³/mol. The fourth-order valence-electron chi connectivity index (χ4n) is 2.53. The first-order chi connectivity index (χ1) is 8.88. The summed E-state index contributed by atoms with van der Waals surface area (Å²) in [5, 5.41) is 0. The van der Waals surface area contributed by atoms with E-state index in [4.69, 9.17) is 0 Å². The zero-order valence-corrected chi connectivity index (χ0v) is 9.80. The van der Waals surface area contributed by atoms with Crippen LogP contribution in [0.4, 0.5) is 0 Å². The summed E-state index contributed by atoms with van der Waals surface area (Å²) in [6.45, 7) is 0. The van der Waals surface area contributed by atoms with Gasteiger partial charge in [-0.1, -0.05) is 0 Å². The number of aromatic amines is 1. The second-order valence-corrected chi connectivity index (χ2v) is 4.78. The van der Waals surface area contributed by atoms with Crippen LogP contribution in [-0.4, -0.2) is 19.9 Å². The first kappa shape index (κ1) is 9.76. The Morgan fingerprint density at radius 3 is 2.61 bits per heavy atom. The van der Waals surface area contributed by atoms with Gasteiger partial charge in [0.15, 0.2) is 5.65 Å². The van der Waals surface area contributed by atoms with Crippen molar-refractivity contribution in [3.63, 3.8) is 0 Å². The van der Waals surface area contributed by atoms with Crippen LogP contribution in [0.15, 0.2) is 42.9 Å². The molecular formula is C14H12N4. The van der Waals surface area contributed by atoms with Gasteiger partial charge in [0.2, 0.25) is 0 Å². The summed E-state index contributed by atoms with van der Waals surface area (Å²) >= 11 is 0. The zero-order valence-electron chi connectivity index (χ0n) is 9.80. The number of hydrogen-bond donors (Lipinski definition) is 1. The van der Waals surface area contributed by atoms with E-state index in [1.165, 1.54) is 5.56 Å². The lowest BCUT2D eigenvalue weighted by Crippen LogP contribution is -2.10. The van der Waals surface area contributed by atoms with Crippen LogP contribution >= 0.6 is 0 Å². The molecule has 1 saturated carbocycles. The first-order valence-corrected chi connectivity index (χ1v) is 6.10. The lowest BCUT2D eigenvalue weighted by molar-refractivity contribution is 0.776. The van der Waals surface area contributed by atoms with E-state index >= 15 is 0 Å². The molecule has 1 N–H and O–H groups in total. The lowest BCUT2D eigenvalue weighted by atomic mass is 9.96. The van der Waals surface area contributed by atoms with Crippen molar-refractivity contribution in [3.05, 3.63) is 54.2 Å². The molecule has 4 rings (SSSR count). The molecule has 0 bridgehead atoms. The van der Waals surface area contributed by atoms with Crippen LogP contribution in [0.5, 0.6) is 0 Å². The number of rotatable bonds is 2. The summed E-state index contributed by atoms with van der Waals surface area (Å²) in [7, 11) is 0. The molecule has 3 heterocycles. The molecule has 18 heavy (non-hydrogen) atoms. The molecule has 0 aliphatic heterocycles. The number of H-pyrrole nitrogens is 1. The molecule has 3 aromatic rings. The third-order valence-corrected chi connectivity index (χ3v) is 3.69. The maximum atomic E-state index is 4.64. The number of fused-ring (bicyclic) bond motifs is 1. The van der Waals surface area contributed by atoms with Crippen molar-refractivity contribution in [3.8, 4) is 0 Å². The molecule has 88 valence electrons. The van der Waals surface area contributed by atoms with Crippen molar-refractivity contribution in [2.45, 2.75) is 18.3 Å². The largest absolute Gasteiger partial charge is 0.340 e. The van der Waals surface area contributed by atoms with Gasteiger partial charge in [0.1, 0.15) is 5.82 Å². The van der Waals surface area contributed by atoms with Crippen molar-refractivity contribution in [1.82, 2.24) is 19.9 Å². The van der Waals surface area contributed by atoms with E-state index in [1.807, 2.05) is 24.5 Å². The maximum absolute atomic E-state index is 4.64. The second kappa shape index (κ2) is 3.38. The van der Waals surface area contributed by atoms with Crippen molar-refractivity contribution >= 4 is 11.2 Å². The van der Waals surface area contributed by atoms with Gasteiger partial charge < -0.3 is 4.98 Å². The Labute approximate surface area is 104 Å². The summed E-state index contributed by atoms with van der Waals surface area (Å²) in [6.07, 6.45) is 7.74. The highest BCUT2D eigenvalue weighted by Gasteiger charge is 2.48. The summed E-state index contributed by atoms with van der Waals surface area (Å²) in [5.74, 6) is 1.03. The summed E-state index contributed by atoms with van der Waals surface area (Å²) < 4.78 is 0. The topological polar surface area (TPSA) is 54.5 Å². The van der Waals surface area contributed by atoms with Gasteiger partial charge in [0.25, 0.3) is 0 Å². The van der Waals surface area contributed by atoms with E-state index in [0.29, 0.717) is 0 Å². The van der Waals surface area contributed by atoms with E-state index < -0.39 is 0 Å². The van der Waals surface area contributed by atoms with Crippen LogP contribution in [0.2, 0.25) is 0 Å². The summed E-state index contributed by atoms with van der Waals surface area (Å²) in [6, 6.07) is 8.10. The van der Waals surface area contributed by atoms with Gasteiger partial charge in [-0.25, -0.2) is 9.97 Å². The van der Waals surface area contributed by atoms with Crippen LogP contribution in [0.1, 0.15) is 24.2 Å². The molecule has 0 saturated heterocycles. The average molecular weight is 236 g/mol. The van der Waals surface area contributed by atoms with Crippen LogP contribution < -0.4 is 0 Å². The zero-order chi connectivity index (χ0) is 12.0. The fourth-order valence-corrected chi connectivity index (χ4v) is 2.53. The van der Waals surface area contributed by atoms with Crippen molar-refractivity contribution in [2.75, 3.05) is 0 Å². The van der Waals surface area contributed by atoms with E-state index in [9.17, 15) is 0 Å². The van der Waals surface area contributed by atoms with Gasteiger partial charge >= 0.3 is 0 Å². The predicted octanol–water partition coefficient (Wildman–Crippen LogP) is 2.43. The highest BCUT2D eigenvalue weighted by atomic mass is 15.0. The molecule has 0 amide bonds. The molecule has 0 atom stereocenters. The van der Waals surface area contributed by atoms with Crippen molar-refractivity contribution < 1.29 is 0 Å². The normalized spacial score (nSPS) is 16.9. The van der Waals surface area contributed by atoms with E-state index in [0.717, 1.165) is 29.8 Å². The number of nitrogens with one attached hydrogen (secondary N) is 1. The number of hydrogen-bond acceptors (Lipinski definition) is 3. The molecule has 4 nitrogen and oxygen atoms in total. The Morgan fingerprint density at radius 2 is 1.89 bits per heavy atom. The minimum absolute atomic E-state index is 0.0592. The molecule has 0 spiro atoms. The highest BCUT2D eigenvalue weighted by molar-refractivity contribution is 5.70. The third-order valence-electron chi connectivity index (χ3n) is 3.69. The third kappa shape index (κ3) is 1.29. The maximum Gasteiger partial charge on any atom is 0.177 e. The van der Waals surface area contributed by atoms with Crippen molar-refractivity contribution in [1.29, 1.82) is 0 Å². The smallest absolute Gasteiger partial charge is 0.177 e. The minimum Gasteiger partial charge on any atom is -0.340 e. The van der Waals surface area contributed by atoms with Gasteiger partial charge in [-0.2, -0.15) is 0 Å². The summed E-state index contributed by atoms with van der Waals surface area (Å²) in [5.41, 5.74) is 3.15. The van der Waals surface area contributed by atoms with E-state index in [2.05, 4.69) is 32.1 Å². The average Bonchev–Trinajstić information content (AvgIpc) is 3.13. The molecule has 0 radical (unpaired) electrons. The molecule has 3 aromatic heterocycles. The van der Waals surface area contributed by atoms with Gasteiger partial charge in [-0.15, -0.1) is 0 Å². The molecule has 1 aliphatic carbocycles. The molecule has 4 heteroatoms. The molecular weight excluding hydrogens is 224 g/mol. The van der Waals surface area contributed by atoms with E-state index in [1.54, 1.807) is 6.20 Å². The Kier molecular flexibility index (Phi) is 1.84. The van der Waals surface area contributed by atoms with Crippen LogP contribution in [0, 0.1) is 0 Å². The Morgan fingerprint density at radius 1 is 1.06 bits per heavy atom. The first-order valence-electron chi connectivity index (χ1n) is 6.10. The number of imidazole rings is 1. The Balaban J connectivity index is 1.87. The summed E-state index contributed by atoms with van der Waals surface area (Å²) in [4.78, 5) is 16.4. The number of nitrogens with zero attached hydrogens (tertiary/aromatic N) is 3. The van der Waals surface area contributed by atoms with Gasteiger partial charge in [0, 0.05) is 18.6 Å². The van der Waals surface area contributed by atoms with Crippen LogP contribution in [-0.2, 0) is 5.41 Å². The minimum atomic E-state index is 0.0592. The van der Waals surface area contributed by atoms with Crippen LogP contribution in [0.3, 0.4) is 0 Å². The second-order valence-electron chi connectivity index (χ2n) is 4.78. The molecule has 0 unspecified atom stereocenters. The molecule has 0 aromatic carbocycles. The Bertz CT molecular complexity index is 665. The number of pyridine rings is 2. The van der Waals surface area contributed by atoms with Crippen LogP contribution in [0.25, 0.3) is 11.2 Å². The van der Waals surface area contributed by atoms with Gasteiger partial charge in [-0.3, -0.25) is 4.98 Å². The Hall–Kier alpha value is -2.23. The van der Waals surface area contributed by atoms with Gasteiger partial charge in [-0.05, 0) is 42.7 Å². The highest BCUT2D eigenvalue weighted by Crippen LogP contribution is 2.52. The lowest BCUT2D eigenvalue weighted by Gasteiger charge is -2.11. The monoisotopic (exact) mass is 236 g/mol. The molecule has 1 fully saturated rings. The fraction of sp³-hybridized carbons (Fsp3) is 0.214. The SMILES string of the molecule is c1cnc2nc(C3(c4ccncc4)CC3)[nH]c2c1. The quantitative estimate of drug-likeness (QED) is 0.743. The number of aromatic nitrogens is 4. The van der Waals surface area contributed by atoms with Crippen molar-refractivity contribution in [2.24, 2.45) is 0 Å². The van der Waals surface area contributed by atoms with Gasteiger partial charge in [0.05, 0.1) is 10.9 Å². The molecule has 1 aliphatic rings. The standard InChI is InChI=1S/C14H12N4/c1-2-11-12(16-7-1)18-13(17-11)14(5-6-14)10-3-8-15-9-4-10/h1-4,7-9H,5-6H2,(H,16,17,18).